The van der Waals surface area contributed by atoms with E-state index < -0.39 is 10.0 Å². The summed E-state index contributed by atoms with van der Waals surface area (Å²) in [5, 5.41) is 5.67. The summed E-state index contributed by atoms with van der Waals surface area (Å²) < 4.78 is 23.1. The quantitative estimate of drug-likeness (QED) is 0.492. The van der Waals surface area contributed by atoms with Crippen LogP contribution in [0, 0.1) is 0 Å². The van der Waals surface area contributed by atoms with Crippen molar-refractivity contribution in [2.45, 2.75) is 31.1 Å². The summed E-state index contributed by atoms with van der Waals surface area (Å²) in [6, 6.07) is 23.4. The highest BCUT2D eigenvalue weighted by Gasteiger charge is 2.34. The number of carbonyl (C=O) groups is 1. The van der Waals surface area contributed by atoms with E-state index in [1.807, 2.05) is 48.5 Å². The molecule has 1 heterocycles. The summed E-state index contributed by atoms with van der Waals surface area (Å²) in [5.74, 6) is -0.170. The molecule has 1 aliphatic heterocycles. The second-order valence-electron chi connectivity index (χ2n) is 8.89. The summed E-state index contributed by atoms with van der Waals surface area (Å²) in [5.41, 5.74) is 3.41. The van der Waals surface area contributed by atoms with Crippen molar-refractivity contribution in [3.63, 3.8) is 0 Å². The number of hydrogen-bond acceptors (Lipinski definition) is 5. The van der Waals surface area contributed by atoms with Crippen LogP contribution < -0.4 is 10.0 Å². The Morgan fingerprint density at radius 3 is 2.09 bits per heavy atom. The van der Waals surface area contributed by atoms with Crippen molar-refractivity contribution in [1.82, 2.24) is 0 Å². The van der Waals surface area contributed by atoms with E-state index >= 15 is 0 Å². The molecule has 3 aromatic carbocycles. The number of anilines is 1. The van der Waals surface area contributed by atoms with E-state index in [1.54, 1.807) is 17.0 Å². The van der Waals surface area contributed by atoms with Crippen LogP contribution >= 0.6 is 11.8 Å². The lowest BCUT2D eigenvalue weighted by molar-refractivity contribution is -0.113. The average Bonchev–Trinajstić information content (AvgIpc) is 3.08. The minimum atomic E-state index is -3.79. The lowest BCUT2D eigenvalue weighted by Gasteiger charge is -2.18. The van der Waals surface area contributed by atoms with Crippen molar-refractivity contribution in [3.05, 3.63) is 94.9 Å². The molecule has 0 radical (unpaired) electrons. The van der Waals surface area contributed by atoms with Crippen molar-refractivity contribution in [1.29, 1.82) is 0 Å². The fourth-order valence-corrected chi connectivity index (χ4v) is 4.92. The highest BCUT2D eigenvalue weighted by molar-refractivity contribution is 8.19. The van der Waals surface area contributed by atoms with Gasteiger partial charge < -0.3 is 0 Å². The van der Waals surface area contributed by atoms with E-state index in [0.29, 0.717) is 21.4 Å². The van der Waals surface area contributed by atoms with Crippen molar-refractivity contribution < 1.29 is 13.2 Å². The van der Waals surface area contributed by atoms with Gasteiger partial charge in [-0.3, -0.25) is 9.69 Å². The molecule has 1 saturated heterocycles. The molecule has 0 bridgehead atoms. The molecule has 8 heteroatoms. The van der Waals surface area contributed by atoms with E-state index in [-0.39, 0.29) is 16.2 Å². The van der Waals surface area contributed by atoms with Gasteiger partial charge in [-0.25, -0.2) is 18.5 Å². The zero-order chi connectivity index (χ0) is 24.5. The Bertz CT molecular complexity index is 1370. The largest absolute Gasteiger partial charge is 0.271 e. The van der Waals surface area contributed by atoms with Crippen molar-refractivity contribution in [2.75, 3.05) is 4.90 Å². The smallest absolute Gasteiger partial charge is 0.268 e. The van der Waals surface area contributed by atoms with E-state index in [1.165, 1.54) is 29.5 Å². The van der Waals surface area contributed by atoms with E-state index in [9.17, 15) is 13.2 Å². The molecule has 0 unspecified atom stereocenters. The van der Waals surface area contributed by atoms with E-state index in [0.717, 1.165) is 5.56 Å². The summed E-state index contributed by atoms with van der Waals surface area (Å²) >= 11 is 1.28. The van der Waals surface area contributed by atoms with Gasteiger partial charge in [-0.15, -0.1) is 0 Å². The van der Waals surface area contributed by atoms with Gasteiger partial charge in [0.1, 0.15) is 0 Å². The van der Waals surface area contributed by atoms with Crippen LogP contribution in [0.4, 0.5) is 11.4 Å². The number of para-hydroxylation sites is 1. The second-order valence-corrected chi connectivity index (χ2v) is 11.5. The van der Waals surface area contributed by atoms with Crippen LogP contribution in [-0.4, -0.2) is 19.5 Å². The zero-order valence-corrected chi connectivity index (χ0v) is 20.7. The van der Waals surface area contributed by atoms with Crippen molar-refractivity contribution in [2.24, 2.45) is 10.1 Å². The minimum Gasteiger partial charge on any atom is -0.268 e. The number of sulfonamides is 1. The number of nitrogens with two attached hydrogens (primary N) is 1. The summed E-state index contributed by atoms with van der Waals surface area (Å²) in [4.78, 5) is 20.1. The number of thioether (sulfide) groups is 1. The maximum absolute atomic E-state index is 13.4. The Hall–Kier alpha value is -3.20. The molecule has 0 aromatic heterocycles. The zero-order valence-electron chi connectivity index (χ0n) is 19.1. The molecule has 2 N–H and O–H groups in total. The molecule has 3 aromatic rings. The topological polar surface area (TPSA) is 92.8 Å². The molecule has 0 aliphatic carbocycles. The van der Waals surface area contributed by atoms with Crippen molar-refractivity contribution in [3.8, 4) is 0 Å². The number of nitrogens with zero attached hydrogens (tertiary/aromatic N) is 2. The third-order valence-corrected chi connectivity index (χ3v) is 7.18. The summed E-state index contributed by atoms with van der Waals surface area (Å²) in [7, 11) is -3.79. The molecule has 174 valence electrons. The van der Waals surface area contributed by atoms with Gasteiger partial charge in [0.25, 0.3) is 5.91 Å². The molecule has 34 heavy (non-hydrogen) atoms. The standard InChI is InChI=1S/C26H25N3O3S2/c1-26(2,3)19-11-9-18(10-12-19)17-23-24(30)29(21-7-5-4-6-8-21)25(33-23)28-20-13-15-22(16-14-20)34(27,31)32/h4-17H,1-3H3,(H2,27,31,32)/b23-17?,28-25-. The lowest BCUT2D eigenvalue weighted by Crippen LogP contribution is -2.28. The number of rotatable bonds is 4. The van der Waals surface area contributed by atoms with Gasteiger partial charge in [-0.1, -0.05) is 63.2 Å². The molecule has 1 fully saturated rings. The number of amidine groups is 1. The highest BCUT2D eigenvalue weighted by atomic mass is 32.2. The molecule has 0 saturated carbocycles. The number of benzene rings is 3. The lowest BCUT2D eigenvalue weighted by atomic mass is 9.87. The first-order valence-corrected chi connectivity index (χ1v) is 13.0. The van der Waals surface area contributed by atoms with Gasteiger partial charge in [0.05, 0.1) is 21.2 Å². The molecule has 4 rings (SSSR count). The van der Waals surface area contributed by atoms with E-state index in [4.69, 9.17) is 5.14 Å². The molecular weight excluding hydrogens is 466 g/mol. The second kappa shape index (κ2) is 9.21. The SMILES string of the molecule is CC(C)(C)c1ccc(C=C2S/C(=N\c3ccc(S(N)(=O)=O)cc3)N(c3ccccc3)C2=O)cc1. The van der Waals surface area contributed by atoms with Crippen molar-refractivity contribution >= 4 is 50.3 Å². The van der Waals surface area contributed by atoms with Gasteiger partial charge in [0.15, 0.2) is 5.17 Å². The molecular formula is C26H25N3O3S2. The fraction of sp³-hybridized carbons (Fsp3) is 0.154. The fourth-order valence-electron chi connectivity index (χ4n) is 3.41. The number of carbonyl (C=O) groups excluding carboxylic acids is 1. The maximum Gasteiger partial charge on any atom is 0.271 e. The monoisotopic (exact) mass is 491 g/mol. The van der Waals surface area contributed by atoms with Gasteiger partial charge in [-0.05, 0) is 70.8 Å². The first-order valence-electron chi connectivity index (χ1n) is 10.6. The predicted octanol–water partition coefficient (Wildman–Crippen LogP) is 5.44. The highest BCUT2D eigenvalue weighted by Crippen LogP contribution is 2.37. The molecule has 0 spiro atoms. The van der Waals surface area contributed by atoms with Crippen LogP contribution in [0.1, 0.15) is 31.9 Å². The van der Waals surface area contributed by atoms with Crippen LogP contribution in [0.5, 0.6) is 0 Å². The predicted molar refractivity (Wildman–Crippen MR) is 140 cm³/mol. The van der Waals surface area contributed by atoms with Gasteiger partial charge in [-0.2, -0.15) is 0 Å². The number of primary sulfonamides is 1. The summed E-state index contributed by atoms with van der Waals surface area (Å²) in [6.07, 6.45) is 1.86. The third kappa shape index (κ3) is 5.30. The molecule has 6 nitrogen and oxygen atoms in total. The van der Waals surface area contributed by atoms with Crippen LogP contribution in [0.25, 0.3) is 6.08 Å². The summed E-state index contributed by atoms with van der Waals surface area (Å²) in [6.45, 7) is 6.48. The Kier molecular flexibility index (Phi) is 6.49. The van der Waals surface area contributed by atoms with E-state index in [2.05, 4.69) is 37.9 Å². The minimum absolute atomic E-state index is 0.00538. The first kappa shape index (κ1) is 23.9. The average molecular weight is 492 g/mol. The normalized spacial score (nSPS) is 17.1. The maximum atomic E-state index is 13.4. The van der Waals surface area contributed by atoms with Crippen LogP contribution in [0.15, 0.2) is 93.7 Å². The Balaban J connectivity index is 1.71. The van der Waals surface area contributed by atoms with Gasteiger partial charge in [0, 0.05) is 0 Å². The third-order valence-electron chi connectivity index (χ3n) is 5.29. The van der Waals surface area contributed by atoms with Crippen LogP contribution in [0.3, 0.4) is 0 Å². The first-order chi connectivity index (χ1) is 16.0. The van der Waals surface area contributed by atoms with Crippen LogP contribution in [-0.2, 0) is 20.2 Å². The van der Waals surface area contributed by atoms with Crippen LogP contribution in [0.2, 0.25) is 0 Å². The Morgan fingerprint density at radius 2 is 1.53 bits per heavy atom. The number of amides is 1. The number of aliphatic imine (C=N–C) groups is 1. The number of hydrogen-bond donors (Lipinski definition) is 1. The molecule has 1 amide bonds. The van der Waals surface area contributed by atoms with Gasteiger partial charge in [0.2, 0.25) is 10.0 Å². The van der Waals surface area contributed by atoms with Gasteiger partial charge >= 0.3 is 0 Å². The molecule has 0 atom stereocenters. The Morgan fingerprint density at radius 1 is 0.912 bits per heavy atom. The molecule has 1 aliphatic rings. The Labute approximate surface area is 204 Å².